The van der Waals surface area contributed by atoms with E-state index in [-0.39, 0.29) is 31.3 Å². The summed E-state index contributed by atoms with van der Waals surface area (Å²) < 4.78 is 53.6. The fraction of sp³-hybridized carbons (Fsp3) is 0.472. The molecule has 15 heteroatoms. The second-order valence-electron chi connectivity index (χ2n) is 13.9. The first kappa shape index (κ1) is 34.6. The molecule has 270 valence electrons. The van der Waals surface area contributed by atoms with Crippen LogP contribution in [0.4, 0.5) is 9.18 Å². The van der Waals surface area contributed by atoms with Crippen LogP contribution in [0.1, 0.15) is 50.5 Å². The molecule has 1 aromatic heterocycles. The quantitative estimate of drug-likeness (QED) is 0.346. The Morgan fingerprint density at radius 3 is 2.59 bits per heavy atom. The lowest BCUT2D eigenvalue weighted by atomic mass is 10.1. The van der Waals surface area contributed by atoms with Gasteiger partial charge in [-0.2, -0.15) is 4.98 Å². The fourth-order valence-corrected chi connectivity index (χ4v) is 8.34. The molecule has 3 fully saturated rings. The van der Waals surface area contributed by atoms with Crippen molar-refractivity contribution in [3.05, 3.63) is 59.9 Å². The lowest BCUT2D eigenvalue weighted by Crippen LogP contribution is -2.57. The van der Waals surface area contributed by atoms with Gasteiger partial charge in [0.1, 0.15) is 29.3 Å². The van der Waals surface area contributed by atoms with Gasteiger partial charge in [-0.15, -0.1) is 0 Å². The van der Waals surface area contributed by atoms with Gasteiger partial charge in [0, 0.05) is 37.1 Å². The molecule has 2 N–H and O–H groups in total. The van der Waals surface area contributed by atoms with Gasteiger partial charge in [-0.1, -0.05) is 12.2 Å². The number of amides is 4. The second kappa shape index (κ2) is 13.4. The second-order valence-corrected chi connectivity index (χ2v) is 15.8. The number of hydrogen-bond acceptors (Lipinski definition) is 9. The SMILES string of the molecule is COc1ccc2c(O[C@@H]3C[C@H]4C(=O)NC5(C(=O)NS(=O)(=O)C6CC6)C[C@@H]5/C=C\CCCCN(C)C(=O)N4C3)nc(-c3ccc(F)cc3)nc2c1C. The molecule has 4 amide bonds. The number of aromatic nitrogens is 2. The Balaban J connectivity index is 1.21. The maximum atomic E-state index is 14.2. The minimum Gasteiger partial charge on any atom is -0.496 e. The molecule has 2 aliphatic heterocycles. The van der Waals surface area contributed by atoms with Gasteiger partial charge in [0.2, 0.25) is 21.8 Å². The number of fused-ring (bicyclic) bond motifs is 3. The first-order valence-electron chi connectivity index (χ1n) is 17.2. The van der Waals surface area contributed by atoms with E-state index in [1.54, 1.807) is 43.3 Å². The molecule has 4 aliphatic rings. The van der Waals surface area contributed by atoms with Crippen LogP contribution in [-0.4, -0.2) is 96.2 Å². The Morgan fingerprint density at radius 1 is 1.10 bits per heavy atom. The van der Waals surface area contributed by atoms with Crippen LogP contribution < -0.4 is 19.5 Å². The van der Waals surface area contributed by atoms with Crippen LogP contribution in [0.25, 0.3) is 22.3 Å². The van der Waals surface area contributed by atoms with Crippen molar-refractivity contribution in [2.75, 3.05) is 27.2 Å². The number of carbonyl (C=O) groups is 3. The van der Waals surface area contributed by atoms with Crippen molar-refractivity contribution >= 4 is 38.8 Å². The number of benzene rings is 2. The van der Waals surface area contributed by atoms with E-state index in [0.29, 0.717) is 53.8 Å². The van der Waals surface area contributed by atoms with Crippen LogP contribution in [0.15, 0.2) is 48.6 Å². The highest BCUT2D eigenvalue weighted by atomic mass is 32.2. The molecule has 1 saturated heterocycles. The van der Waals surface area contributed by atoms with E-state index >= 15 is 0 Å². The van der Waals surface area contributed by atoms with E-state index in [1.807, 2.05) is 19.1 Å². The minimum absolute atomic E-state index is 0.0480. The highest BCUT2D eigenvalue weighted by molar-refractivity contribution is 7.91. The van der Waals surface area contributed by atoms with Gasteiger partial charge in [0.15, 0.2) is 5.82 Å². The lowest BCUT2D eigenvalue weighted by molar-refractivity contribution is -0.131. The molecule has 2 saturated carbocycles. The van der Waals surface area contributed by atoms with Crippen LogP contribution >= 0.6 is 0 Å². The monoisotopic (exact) mass is 720 g/mol. The van der Waals surface area contributed by atoms with E-state index in [0.717, 1.165) is 18.4 Å². The molecule has 3 aromatic rings. The van der Waals surface area contributed by atoms with Gasteiger partial charge in [-0.3, -0.25) is 14.3 Å². The number of sulfonamides is 1. The zero-order valence-electron chi connectivity index (χ0n) is 28.7. The smallest absolute Gasteiger partial charge is 0.320 e. The topological polar surface area (TPSA) is 160 Å². The van der Waals surface area contributed by atoms with E-state index in [1.165, 1.54) is 17.0 Å². The summed E-state index contributed by atoms with van der Waals surface area (Å²) in [4.78, 5) is 54.1. The van der Waals surface area contributed by atoms with Crippen LogP contribution in [0.5, 0.6) is 11.6 Å². The lowest BCUT2D eigenvalue weighted by Gasteiger charge is -2.30. The van der Waals surface area contributed by atoms with E-state index in [9.17, 15) is 27.2 Å². The Labute approximate surface area is 295 Å². The molecule has 4 atom stereocenters. The summed E-state index contributed by atoms with van der Waals surface area (Å²) in [5.41, 5.74) is 0.407. The summed E-state index contributed by atoms with van der Waals surface area (Å²) >= 11 is 0. The molecule has 7 rings (SSSR count). The standard InChI is InChI=1S/C36H41FN6O7S/c1-21-29(49-3)16-15-27-30(21)38-31(22-9-11-24(37)12-10-22)39-33(27)50-25-18-28-32(44)40-36(34(45)41-51(47,48)26-13-14-26)19-23(36)8-6-4-5-7-17-42(2)35(46)43(28)20-25/h6,8-12,15-16,23,25-26,28H,4-5,7,13-14,17-20H2,1-3H3,(H,40,44)(H,41,45)/b8-6-/t23-,25+,28-,36?/m0/s1. The number of halogens is 1. The Bertz CT molecular complexity index is 2020. The van der Waals surface area contributed by atoms with Crippen molar-refractivity contribution in [1.29, 1.82) is 0 Å². The fourth-order valence-electron chi connectivity index (χ4n) is 6.98. The molecular weight excluding hydrogens is 679 g/mol. The van der Waals surface area contributed by atoms with Crippen molar-refractivity contribution in [3.63, 3.8) is 0 Å². The summed E-state index contributed by atoms with van der Waals surface area (Å²) in [5.74, 6) is -1.02. The zero-order valence-corrected chi connectivity index (χ0v) is 29.5. The molecular formula is C36H41FN6O7S. The Kier molecular flexibility index (Phi) is 9.10. The zero-order chi connectivity index (χ0) is 36.1. The molecule has 3 heterocycles. The maximum absolute atomic E-state index is 14.2. The predicted molar refractivity (Wildman–Crippen MR) is 186 cm³/mol. The van der Waals surface area contributed by atoms with E-state index < -0.39 is 56.5 Å². The molecule has 0 bridgehead atoms. The summed E-state index contributed by atoms with van der Waals surface area (Å²) in [6.45, 7) is 2.39. The number of nitrogens with zero attached hydrogens (tertiary/aromatic N) is 4. The number of rotatable bonds is 7. The van der Waals surface area contributed by atoms with E-state index in [4.69, 9.17) is 19.4 Å². The average molecular weight is 721 g/mol. The third-order valence-corrected chi connectivity index (χ3v) is 12.0. The van der Waals surface area contributed by atoms with Crippen LogP contribution in [0.3, 0.4) is 0 Å². The van der Waals surface area contributed by atoms with Crippen LogP contribution in [0.2, 0.25) is 0 Å². The summed E-state index contributed by atoms with van der Waals surface area (Å²) in [6, 6.07) is 7.95. The molecule has 0 spiro atoms. The highest BCUT2D eigenvalue weighted by Crippen LogP contribution is 2.46. The molecule has 0 radical (unpaired) electrons. The first-order valence-corrected chi connectivity index (χ1v) is 18.8. The van der Waals surface area contributed by atoms with Crippen molar-refractivity contribution in [1.82, 2.24) is 29.8 Å². The number of urea groups is 1. The van der Waals surface area contributed by atoms with Gasteiger partial charge in [0.25, 0.3) is 5.91 Å². The molecule has 13 nitrogen and oxygen atoms in total. The number of aryl methyl sites for hydroxylation is 1. The summed E-state index contributed by atoms with van der Waals surface area (Å²) in [7, 11) is -0.613. The Hall–Kier alpha value is -4.79. The summed E-state index contributed by atoms with van der Waals surface area (Å²) in [6.07, 6.45) is 6.67. The molecule has 2 aliphatic carbocycles. The van der Waals surface area contributed by atoms with Gasteiger partial charge < -0.3 is 24.6 Å². The number of ether oxygens (including phenoxy) is 2. The predicted octanol–water partition coefficient (Wildman–Crippen LogP) is 3.85. The highest BCUT2D eigenvalue weighted by Gasteiger charge is 2.62. The van der Waals surface area contributed by atoms with Crippen LogP contribution in [-0.2, 0) is 19.6 Å². The molecule has 1 unspecified atom stereocenters. The number of methoxy groups -OCH3 is 1. The molecule has 2 aromatic carbocycles. The molecule has 51 heavy (non-hydrogen) atoms. The summed E-state index contributed by atoms with van der Waals surface area (Å²) in [5, 5.41) is 2.85. The number of carbonyl (C=O) groups excluding carboxylic acids is 3. The van der Waals surface area contributed by atoms with Crippen molar-refractivity contribution in [2.24, 2.45) is 5.92 Å². The third-order valence-electron chi connectivity index (χ3n) is 10.2. The normalized spacial score (nSPS) is 26.1. The van der Waals surface area contributed by atoms with Gasteiger partial charge in [0.05, 0.1) is 29.8 Å². The maximum Gasteiger partial charge on any atom is 0.320 e. The van der Waals surface area contributed by atoms with E-state index in [2.05, 4.69) is 10.0 Å². The number of hydrogen-bond donors (Lipinski definition) is 2. The largest absolute Gasteiger partial charge is 0.496 e. The van der Waals surface area contributed by atoms with Gasteiger partial charge >= 0.3 is 6.03 Å². The minimum atomic E-state index is -3.86. The van der Waals surface area contributed by atoms with Crippen molar-refractivity contribution in [3.8, 4) is 23.0 Å². The third kappa shape index (κ3) is 6.83. The van der Waals surface area contributed by atoms with Gasteiger partial charge in [-0.05, 0) is 81.8 Å². The number of nitrogens with one attached hydrogen (secondary N) is 2. The average Bonchev–Trinajstić information content (AvgIpc) is 4.03. The number of allylic oxidation sites excluding steroid dienone is 1. The van der Waals surface area contributed by atoms with Crippen molar-refractivity contribution in [2.45, 2.75) is 74.8 Å². The Morgan fingerprint density at radius 2 is 1.86 bits per heavy atom. The first-order chi connectivity index (χ1) is 24.4. The van der Waals surface area contributed by atoms with Crippen LogP contribution in [0, 0.1) is 18.7 Å². The van der Waals surface area contributed by atoms with Gasteiger partial charge in [-0.25, -0.2) is 22.6 Å². The van der Waals surface area contributed by atoms with Crippen molar-refractivity contribution < 1.29 is 36.7 Å².